The third kappa shape index (κ3) is 4.65. The van der Waals surface area contributed by atoms with Crippen LogP contribution in [0.3, 0.4) is 0 Å². The van der Waals surface area contributed by atoms with Gasteiger partial charge in [-0.05, 0) is 50.6 Å². The van der Waals surface area contributed by atoms with E-state index in [1.165, 1.54) is 4.90 Å². The summed E-state index contributed by atoms with van der Waals surface area (Å²) >= 11 is 0. The minimum atomic E-state index is -0.729. The number of amides is 2. The van der Waals surface area contributed by atoms with Crippen LogP contribution in [0.25, 0.3) is 0 Å². The van der Waals surface area contributed by atoms with E-state index in [1.807, 2.05) is 24.3 Å². The molecular weight excluding hydrogens is 368 g/mol. The molecule has 6 heteroatoms. The third-order valence-electron chi connectivity index (χ3n) is 4.59. The van der Waals surface area contributed by atoms with Crippen LogP contribution >= 0.6 is 0 Å². The topological polar surface area (TPSA) is 75.7 Å². The number of hydrogen-bond acceptors (Lipinski definition) is 4. The van der Waals surface area contributed by atoms with Crippen LogP contribution in [0.15, 0.2) is 48.5 Å². The number of fused-ring (bicyclic) bond motifs is 1. The first-order valence-corrected chi connectivity index (χ1v) is 9.74. The fourth-order valence-corrected chi connectivity index (χ4v) is 3.31. The van der Waals surface area contributed by atoms with Gasteiger partial charge in [0.1, 0.15) is 11.6 Å². The molecule has 2 aromatic carbocycles. The lowest BCUT2D eigenvalue weighted by Crippen LogP contribution is -2.45. The molecule has 1 heterocycles. The van der Waals surface area contributed by atoms with E-state index in [2.05, 4.69) is 5.32 Å². The second-order valence-corrected chi connectivity index (χ2v) is 8.04. The number of anilines is 2. The van der Waals surface area contributed by atoms with E-state index < -0.39 is 17.6 Å². The quantitative estimate of drug-likeness (QED) is 0.797. The molecule has 0 unspecified atom stereocenters. The highest BCUT2D eigenvalue weighted by Gasteiger charge is 2.40. The number of carbonyl (C=O) groups excluding carboxylic acids is 3. The molecule has 2 aromatic rings. The van der Waals surface area contributed by atoms with E-state index in [1.54, 1.807) is 52.0 Å². The summed E-state index contributed by atoms with van der Waals surface area (Å²) in [4.78, 5) is 39.4. The van der Waals surface area contributed by atoms with Crippen molar-refractivity contribution in [3.8, 4) is 0 Å². The van der Waals surface area contributed by atoms with Crippen molar-refractivity contribution in [3.05, 3.63) is 59.7 Å². The van der Waals surface area contributed by atoms with Gasteiger partial charge in [-0.2, -0.15) is 0 Å². The minimum Gasteiger partial charge on any atom is -0.458 e. The summed E-state index contributed by atoms with van der Waals surface area (Å²) in [6, 6.07) is 13.5. The Morgan fingerprint density at radius 3 is 2.52 bits per heavy atom. The van der Waals surface area contributed by atoms with Crippen molar-refractivity contribution in [1.29, 1.82) is 0 Å². The molecule has 152 valence electrons. The van der Waals surface area contributed by atoms with Crippen molar-refractivity contribution in [2.45, 2.75) is 52.2 Å². The van der Waals surface area contributed by atoms with Gasteiger partial charge < -0.3 is 10.1 Å². The van der Waals surface area contributed by atoms with Crippen LogP contribution in [0.4, 0.5) is 11.4 Å². The van der Waals surface area contributed by atoms with Crippen LogP contribution in [0.5, 0.6) is 0 Å². The number of rotatable bonds is 4. The van der Waals surface area contributed by atoms with Gasteiger partial charge >= 0.3 is 5.97 Å². The van der Waals surface area contributed by atoms with Crippen LogP contribution in [-0.4, -0.2) is 29.4 Å². The zero-order chi connectivity index (χ0) is 21.2. The van der Waals surface area contributed by atoms with Crippen LogP contribution in [0.2, 0.25) is 0 Å². The maximum Gasteiger partial charge on any atom is 0.330 e. The van der Waals surface area contributed by atoms with Crippen molar-refractivity contribution >= 4 is 29.2 Å². The Morgan fingerprint density at radius 1 is 1.10 bits per heavy atom. The molecule has 29 heavy (non-hydrogen) atoms. The first-order chi connectivity index (χ1) is 13.7. The molecule has 0 spiro atoms. The summed E-state index contributed by atoms with van der Waals surface area (Å²) in [5.74, 6) is -0.872. The molecule has 0 aliphatic carbocycles. The lowest BCUT2D eigenvalue weighted by atomic mass is 10.1. The number of ether oxygens (including phenoxy) is 1. The number of nitrogens with one attached hydrogen (secondary N) is 1. The van der Waals surface area contributed by atoms with Gasteiger partial charge in [-0.3, -0.25) is 14.5 Å². The molecule has 6 nitrogen and oxygen atoms in total. The molecule has 3 rings (SSSR count). The molecule has 1 N–H and O–H groups in total. The smallest absolute Gasteiger partial charge is 0.330 e. The van der Waals surface area contributed by atoms with E-state index in [0.29, 0.717) is 29.8 Å². The summed E-state index contributed by atoms with van der Waals surface area (Å²) < 4.78 is 5.57. The summed E-state index contributed by atoms with van der Waals surface area (Å²) in [5.41, 5.74) is 1.92. The molecule has 0 aromatic heterocycles. The van der Waals surface area contributed by atoms with Crippen molar-refractivity contribution in [2.75, 3.05) is 10.2 Å². The Bertz CT molecular complexity index is 946. The van der Waals surface area contributed by atoms with E-state index in [4.69, 9.17) is 4.74 Å². The number of benzene rings is 2. The number of para-hydroxylation sites is 1. The van der Waals surface area contributed by atoms with Gasteiger partial charge in [-0.25, -0.2) is 4.79 Å². The predicted octanol–water partition coefficient (Wildman–Crippen LogP) is 3.95. The first-order valence-electron chi connectivity index (χ1n) is 9.74. The number of esters is 1. The average molecular weight is 394 g/mol. The van der Waals surface area contributed by atoms with Gasteiger partial charge in [0.05, 0.1) is 0 Å². The van der Waals surface area contributed by atoms with E-state index in [-0.39, 0.29) is 11.8 Å². The highest BCUT2D eigenvalue weighted by molar-refractivity contribution is 6.11. The predicted molar refractivity (Wildman–Crippen MR) is 112 cm³/mol. The summed E-state index contributed by atoms with van der Waals surface area (Å²) in [6.45, 7) is 7.17. The van der Waals surface area contributed by atoms with E-state index in [9.17, 15) is 14.4 Å². The number of carbonyl (C=O) groups is 3. The maximum atomic E-state index is 13.4. The lowest BCUT2D eigenvalue weighted by Gasteiger charge is -2.28. The Labute approximate surface area is 170 Å². The number of nitrogens with zero attached hydrogens (tertiary/aromatic N) is 1. The van der Waals surface area contributed by atoms with Crippen LogP contribution in [0, 0.1) is 0 Å². The van der Waals surface area contributed by atoms with Gasteiger partial charge in [0.25, 0.3) is 5.91 Å². The highest BCUT2D eigenvalue weighted by atomic mass is 16.6. The van der Waals surface area contributed by atoms with Crippen molar-refractivity contribution in [3.63, 3.8) is 0 Å². The molecule has 0 saturated heterocycles. The minimum absolute atomic E-state index is 0.132. The van der Waals surface area contributed by atoms with Crippen LogP contribution < -0.4 is 10.2 Å². The molecule has 0 bridgehead atoms. The standard InChI is InChI=1S/C23H26N2O4/c1-5-20(26)24-17-11-8-10-16(13-17)21(27)25-18-12-7-6-9-15(18)14-19(25)22(28)29-23(2,3)4/h6-13,19H,5,14H2,1-4H3,(H,24,26)/t19-/m1/s1. The van der Waals surface area contributed by atoms with Crippen molar-refractivity contribution in [1.82, 2.24) is 0 Å². The largest absolute Gasteiger partial charge is 0.458 e. The van der Waals surface area contributed by atoms with Gasteiger partial charge in [-0.1, -0.05) is 31.2 Å². The Hall–Kier alpha value is -3.15. The zero-order valence-corrected chi connectivity index (χ0v) is 17.2. The molecule has 0 fully saturated rings. The molecule has 1 atom stereocenters. The summed E-state index contributed by atoms with van der Waals surface area (Å²) in [6.07, 6.45) is 0.751. The van der Waals surface area contributed by atoms with E-state index in [0.717, 1.165) is 5.56 Å². The normalized spacial score (nSPS) is 15.6. The SMILES string of the molecule is CCC(=O)Nc1cccc(C(=O)N2c3ccccc3C[C@@H]2C(=O)OC(C)(C)C)c1. The van der Waals surface area contributed by atoms with Crippen LogP contribution in [0.1, 0.15) is 50.0 Å². The van der Waals surface area contributed by atoms with Gasteiger partial charge in [-0.15, -0.1) is 0 Å². The van der Waals surface area contributed by atoms with Gasteiger partial charge in [0, 0.05) is 29.8 Å². The molecular formula is C23H26N2O4. The van der Waals surface area contributed by atoms with Crippen molar-refractivity contribution in [2.24, 2.45) is 0 Å². The lowest BCUT2D eigenvalue weighted by molar-refractivity contribution is -0.156. The summed E-state index contributed by atoms with van der Waals surface area (Å²) in [7, 11) is 0. The number of hydrogen-bond donors (Lipinski definition) is 1. The first kappa shape index (κ1) is 20.6. The van der Waals surface area contributed by atoms with E-state index >= 15 is 0 Å². The molecule has 2 amide bonds. The van der Waals surface area contributed by atoms with Gasteiger partial charge in [0.15, 0.2) is 0 Å². The van der Waals surface area contributed by atoms with Crippen molar-refractivity contribution < 1.29 is 19.1 Å². The Balaban J connectivity index is 1.94. The molecule has 0 saturated carbocycles. The van der Waals surface area contributed by atoms with Gasteiger partial charge in [0.2, 0.25) is 5.91 Å². The average Bonchev–Trinajstić information content (AvgIpc) is 3.06. The Morgan fingerprint density at radius 2 is 1.83 bits per heavy atom. The van der Waals surface area contributed by atoms with Crippen LogP contribution in [-0.2, 0) is 20.7 Å². The third-order valence-corrected chi connectivity index (χ3v) is 4.59. The second-order valence-electron chi connectivity index (χ2n) is 8.04. The molecule has 0 radical (unpaired) electrons. The molecule has 1 aliphatic heterocycles. The monoisotopic (exact) mass is 394 g/mol. The highest BCUT2D eigenvalue weighted by Crippen LogP contribution is 2.34. The maximum absolute atomic E-state index is 13.4. The Kier molecular flexibility index (Phi) is 5.73. The fourth-order valence-electron chi connectivity index (χ4n) is 3.31. The molecule has 1 aliphatic rings. The zero-order valence-electron chi connectivity index (χ0n) is 17.2. The summed E-state index contributed by atoms with van der Waals surface area (Å²) in [5, 5.41) is 2.76. The fraction of sp³-hybridized carbons (Fsp3) is 0.348. The second kappa shape index (κ2) is 8.07.